The summed E-state index contributed by atoms with van der Waals surface area (Å²) in [5.74, 6) is 0. The molecule has 1 atom stereocenters. The molecule has 0 bridgehead atoms. The molecule has 0 spiro atoms. The van der Waals surface area contributed by atoms with E-state index < -0.39 is 10.8 Å². The van der Waals surface area contributed by atoms with Gasteiger partial charge in [-0.3, -0.25) is 15.0 Å². The minimum absolute atomic E-state index is 0.352. The predicted octanol–water partition coefficient (Wildman–Crippen LogP) is 15.5. The van der Waals surface area contributed by atoms with E-state index in [0.717, 1.165) is 112 Å². The molecule has 7 nitrogen and oxygen atoms in total. The van der Waals surface area contributed by atoms with Gasteiger partial charge in [0.15, 0.2) is 0 Å². The number of nitrogens with two attached hydrogens (primary N) is 1. The minimum atomic E-state index is -1.06. The summed E-state index contributed by atoms with van der Waals surface area (Å²) in [5.41, 5.74) is 25.8. The molecule has 2 aliphatic carbocycles. The molecule has 7 heteroatoms. The molecule has 13 rings (SSSR count). The number of rotatable bonds is 9. The first-order valence-electron chi connectivity index (χ1n) is 25.6. The summed E-state index contributed by atoms with van der Waals surface area (Å²) >= 11 is 0. The number of aromatic nitrogens is 4. The van der Waals surface area contributed by atoms with Gasteiger partial charge in [0.25, 0.3) is 0 Å². The maximum atomic E-state index is 9.74. The molecular weight excluding hydrogens is 927 g/mol. The number of benzene rings is 6. The highest BCUT2D eigenvalue weighted by Crippen LogP contribution is 2.56. The second-order valence-electron chi connectivity index (χ2n) is 19.3. The Morgan fingerprint density at radius 1 is 0.605 bits per heavy atom. The van der Waals surface area contributed by atoms with E-state index in [1.54, 1.807) is 12.2 Å². The molecule has 4 aromatic heterocycles. The Balaban J connectivity index is 0.934. The van der Waals surface area contributed by atoms with E-state index in [0.29, 0.717) is 11.4 Å². The highest BCUT2D eigenvalue weighted by Gasteiger charge is 2.50. The molecule has 4 N–H and O–H groups in total. The Labute approximate surface area is 442 Å². The van der Waals surface area contributed by atoms with Gasteiger partial charge in [0, 0.05) is 69.3 Å². The van der Waals surface area contributed by atoms with Gasteiger partial charge < -0.3 is 21.0 Å². The third-order valence-electron chi connectivity index (χ3n) is 15.4. The molecular formula is C69H51N7. The number of hydrogen-bond acceptors (Lipinski definition) is 6. The quantitative estimate of drug-likeness (QED) is 0.0987. The van der Waals surface area contributed by atoms with Crippen molar-refractivity contribution in [3.05, 3.63) is 306 Å². The van der Waals surface area contributed by atoms with Crippen molar-refractivity contribution in [1.82, 2.24) is 19.5 Å². The maximum absolute atomic E-state index is 9.74. The largest absolute Gasteiger partial charge is 0.401 e. The van der Waals surface area contributed by atoms with Gasteiger partial charge in [0.05, 0.1) is 33.8 Å². The van der Waals surface area contributed by atoms with Crippen molar-refractivity contribution in [1.29, 1.82) is 5.41 Å². The van der Waals surface area contributed by atoms with Crippen LogP contribution in [0.25, 0.3) is 72.7 Å². The third-order valence-corrected chi connectivity index (χ3v) is 15.4. The zero-order valence-corrected chi connectivity index (χ0v) is 41.8. The van der Waals surface area contributed by atoms with Crippen molar-refractivity contribution in [2.45, 2.75) is 17.8 Å². The molecule has 3 aliphatic rings. The van der Waals surface area contributed by atoms with E-state index in [2.05, 4.69) is 180 Å². The van der Waals surface area contributed by atoms with Gasteiger partial charge in [-0.2, -0.15) is 0 Å². The lowest BCUT2D eigenvalue weighted by atomic mass is 9.70. The van der Waals surface area contributed by atoms with Gasteiger partial charge >= 0.3 is 0 Å². The number of nitrogens with one attached hydrogen (secondary N) is 2. The van der Waals surface area contributed by atoms with Crippen molar-refractivity contribution in [2.75, 3.05) is 5.32 Å². The van der Waals surface area contributed by atoms with Crippen LogP contribution in [0.3, 0.4) is 0 Å². The summed E-state index contributed by atoms with van der Waals surface area (Å²) in [4.78, 5) is 15.1. The highest BCUT2D eigenvalue weighted by atomic mass is 15.0. The number of hydrogen-bond donors (Lipinski definition) is 3. The lowest BCUT2D eigenvalue weighted by molar-refractivity contribution is 0.704. The fraction of sp³-hybridized carbons (Fsp3) is 0.0435. The van der Waals surface area contributed by atoms with Crippen LogP contribution in [0.5, 0.6) is 0 Å². The molecule has 76 heavy (non-hydrogen) atoms. The SMILES string of the molecule is C=C/C=C\C(=N)C1(/C(N)=C/C=C\C)C2=C(/C=C/Nc3ccc(-c4ccc5c(c4)c4ccccc4n5-c4ccc5c(c4)-c4ncccc4C5(c4ccccn4)c4ccccn4)cc3-c3ccccc3/C=C\2)c2ccccc21. The summed E-state index contributed by atoms with van der Waals surface area (Å²) in [5, 5.41) is 15.8. The van der Waals surface area contributed by atoms with Crippen LogP contribution in [0.1, 0.15) is 46.1 Å². The number of anilines is 1. The Bertz CT molecular complexity index is 4170. The van der Waals surface area contributed by atoms with Crippen LogP contribution in [0.15, 0.2) is 267 Å². The Morgan fingerprint density at radius 3 is 2.12 bits per heavy atom. The minimum Gasteiger partial charge on any atom is -0.401 e. The standard InChI is InChI=1S/C69H51N7/c1-3-5-25-63(70)68(64(71)26-6-4-2)56-22-11-9-20-50(56)51-37-41-72-60-35-30-46(42-53(60)49-19-8-7-18-45(49)29-33-57(51)68)47-31-36-62-54(43-47)52-21-10-12-24-61(52)76(62)48-32-34-58-55(44-48)67-59(23-17-40-75-67)69(58,65-27-13-15-38-73-65)66-28-14-16-39-74-66/h3-44,70,72H,1,71H2,2H3/b6-4-,25-5-,33-29-,41-37+,64-26-,70-63?. The topological polar surface area (TPSA) is 106 Å². The van der Waals surface area contributed by atoms with Crippen LogP contribution < -0.4 is 11.1 Å². The monoisotopic (exact) mass is 977 g/mol. The first kappa shape index (κ1) is 45.9. The average Bonchev–Trinajstić information content (AvgIpc) is 4.10. The fourth-order valence-corrected chi connectivity index (χ4v) is 12.2. The van der Waals surface area contributed by atoms with Gasteiger partial charge in [-0.15, -0.1) is 0 Å². The van der Waals surface area contributed by atoms with Crippen molar-refractivity contribution >= 4 is 44.9 Å². The molecule has 0 fully saturated rings. The van der Waals surface area contributed by atoms with Gasteiger partial charge in [-0.25, -0.2) is 0 Å². The number of pyridine rings is 3. The second kappa shape index (κ2) is 18.5. The molecule has 1 aliphatic heterocycles. The van der Waals surface area contributed by atoms with Crippen LogP contribution in [-0.2, 0) is 10.8 Å². The fourth-order valence-electron chi connectivity index (χ4n) is 12.2. The normalized spacial score (nSPS) is 17.0. The molecule has 5 heterocycles. The molecule has 362 valence electrons. The zero-order chi connectivity index (χ0) is 51.4. The van der Waals surface area contributed by atoms with Crippen LogP contribution in [0, 0.1) is 5.41 Å². The zero-order valence-electron chi connectivity index (χ0n) is 41.8. The van der Waals surface area contributed by atoms with E-state index in [1.165, 1.54) is 5.39 Å². The summed E-state index contributed by atoms with van der Waals surface area (Å²) in [6.07, 6.45) is 25.2. The predicted molar refractivity (Wildman–Crippen MR) is 313 cm³/mol. The second-order valence-corrected chi connectivity index (χ2v) is 19.3. The van der Waals surface area contributed by atoms with Crippen molar-refractivity contribution < 1.29 is 0 Å². The summed E-state index contributed by atoms with van der Waals surface area (Å²) in [6, 6.07) is 62.3. The van der Waals surface area contributed by atoms with Crippen LogP contribution >= 0.6 is 0 Å². The lowest BCUT2D eigenvalue weighted by Crippen LogP contribution is -2.40. The number of nitrogens with zero attached hydrogens (tertiary/aromatic N) is 4. The highest BCUT2D eigenvalue weighted by molar-refractivity contribution is 6.14. The number of allylic oxidation sites excluding steroid dienone is 10. The number of fused-ring (bicyclic) bond motifs is 11. The maximum Gasteiger partial charge on any atom is 0.107 e. The Morgan fingerprint density at radius 2 is 1.32 bits per heavy atom. The smallest absolute Gasteiger partial charge is 0.107 e. The summed E-state index contributed by atoms with van der Waals surface area (Å²) < 4.78 is 2.38. The van der Waals surface area contributed by atoms with E-state index in [1.807, 2.05) is 86.4 Å². The summed E-state index contributed by atoms with van der Waals surface area (Å²) in [6.45, 7) is 5.88. The van der Waals surface area contributed by atoms with Crippen molar-refractivity contribution in [3.8, 4) is 39.2 Å². The third kappa shape index (κ3) is 6.90. The van der Waals surface area contributed by atoms with Gasteiger partial charge in [0.2, 0.25) is 0 Å². The Kier molecular flexibility index (Phi) is 11.2. The van der Waals surface area contributed by atoms with E-state index >= 15 is 0 Å². The van der Waals surface area contributed by atoms with E-state index in [-0.39, 0.29) is 0 Å². The van der Waals surface area contributed by atoms with Crippen molar-refractivity contribution in [2.24, 2.45) is 5.73 Å². The average molecular weight is 978 g/mol. The molecule has 0 saturated carbocycles. The van der Waals surface area contributed by atoms with Gasteiger partial charge in [-0.1, -0.05) is 146 Å². The molecule has 0 radical (unpaired) electrons. The number of para-hydroxylation sites is 1. The van der Waals surface area contributed by atoms with Gasteiger partial charge in [-0.05, 0) is 148 Å². The first-order chi connectivity index (χ1) is 37.5. The van der Waals surface area contributed by atoms with Gasteiger partial charge in [0.1, 0.15) is 10.8 Å². The molecule has 0 amide bonds. The molecule has 0 saturated heterocycles. The Hall–Kier alpha value is -9.98. The lowest BCUT2D eigenvalue weighted by Gasteiger charge is -2.33. The van der Waals surface area contributed by atoms with Crippen LogP contribution in [0.4, 0.5) is 5.69 Å². The first-order valence-corrected chi connectivity index (χ1v) is 25.6. The van der Waals surface area contributed by atoms with E-state index in [9.17, 15) is 5.41 Å². The van der Waals surface area contributed by atoms with E-state index in [4.69, 9.17) is 20.7 Å². The van der Waals surface area contributed by atoms with Crippen molar-refractivity contribution in [3.63, 3.8) is 0 Å². The summed E-state index contributed by atoms with van der Waals surface area (Å²) in [7, 11) is 0. The molecule has 1 unspecified atom stereocenters. The molecule has 10 aromatic rings. The van der Waals surface area contributed by atoms with Crippen LogP contribution in [-0.4, -0.2) is 25.2 Å². The van der Waals surface area contributed by atoms with Crippen LogP contribution in [0.2, 0.25) is 0 Å². The molecule has 6 aromatic carbocycles.